The zero-order chi connectivity index (χ0) is 18.1. The molecule has 2 aromatic rings. The van der Waals surface area contributed by atoms with Gasteiger partial charge in [-0.1, -0.05) is 48.0 Å². The molecule has 5 heteroatoms. The fraction of sp³-hybridized carbons (Fsp3) is 0.381. The molecule has 4 nitrogen and oxygen atoms in total. The van der Waals surface area contributed by atoms with Crippen LogP contribution < -0.4 is 0 Å². The van der Waals surface area contributed by atoms with E-state index in [1.54, 1.807) is 12.1 Å². The standard InChI is InChI=1S/C21H23ClN2O2/c22-20-18(7-4-8-19(20)25)21(26)24-12-11-23-13-16(9-10-17(23)14-24)15-5-2-1-3-6-15/h1-8,16-17,25H,9-14H2/t16-,17+/m0/s1. The van der Waals surface area contributed by atoms with Crippen molar-refractivity contribution in [1.82, 2.24) is 9.80 Å². The molecule has 26 heavy (non-hydrogen) atoms. The van der Waals surface area contributed by atoms with E-state index in [0.717, 1.165) is 32.5 Å². The maximum absolute atomic E-state index is 12.8. The van der Waals surface area contributed by atoms with Crippen molar-refractivity contribution in [3.63, 3.8) is 0 Å². The van der Waals surface area contributed by atoms with Gasteiger partial charge in [0.15, 0.2) is 0 Å². The van der Waals surface area contributed by atoms with E-state index in [1.165, 1.54) is 11.6 Å². The number of halogens is 1. The normalized spacial score (nSPS) is 23.5. The molecule has 2 fully saturated rings. The Morgan fingerprint density at radius 3 is 2.62 bits per heavy atom. The summed E-state index contributed by atoms with van der Waals surface area (Å²) in [5, 5.41) is 9.91. The molecule has 2 aliphatic heterocycles. The second kappa shape index (κ2) is 7.29. The molecule has 0 saturated carbocycles. The van der Waals surface area contributed by atoms with Crippen molar-refractivity contribution in [3.8, 4) is 5.75 Å². The van der Waals surface area contributed by atoms with Crippen LogP contribution in [0.25, 0.3) is 0 Å². The first-order valence-electron chi connectivity index (χ1n) is 9.19. The summed E-state index contributed by atoms with van der Waals surface area (Å²) in [7, 11) is 0. The maximum atomic E-state index is 12.8. The van der Waals surface area contributed by atoms with Crippen LogP contribution in [0, 0.1) is 0 Å². The van der Waals surface area contributed by atoms with Crippen LogP contribution in [0.2, 0.25) is 5.02 Å². The molecule has 2 atom stereocenters. The van der Waals surface area contributed by atoms with E-state index in [9.17, 15) is 9.90 Å². The third-order valence-corrected chi connectivity index (χ3v) is 6.07. The highest BCUT2D eigenvalue weighted by Gasteiger charge is 2.35. The Hall–Kier alpha value is -2.04. The van der Waals surface area contributed by atoms with Crippen molar-refractivity contribution < 1.29 is 9.90 Å². The average molecular weight is 371 g/mol. The minimum absolute atomic E-state index is 0.0421. The van der Waals surface area contributed by atoms with E-state index >= 15 is 0 Å². The first-order valence-corrected chi connectivity index (χ1v) is 9.57. The summed E-state index contributed by atoms with van der Waals surface area (Å²) < 4.78 is 0. The van der Waals surface area contributed by atoms with Crippen LogP contribution in [0.5, 0.6) is 5.75 Å². The number of aromatic hydroxyl groups is 1. The number of amides is 1. The zero-order valence-corrected chi connectivity index (χ0v) is 15.4. The highest BCUT2D eigenvalue weighted by molar-refractivity contribution is 6.35. The molecule has 2 aromatic carbocycles. The van der Waals surface area contributed by atoms with Crippen LogP contribution in [0.15, 0.2) is 48.5 Å². The third kappa shape index (κ3) is 3.31. The molecule has 0 bridgehead atoms. The molecule has 0 aliphatic carbocycles. The monoisotopic (exact) mass is 370 g/mol. The number of benzene rings is 2. The predicted molar refractivity (Wildman–Crippen MR) is 103 cm³/mol. The Kier molecular flexibility index (Phi) is 4.88. The van der Waals surface area contributed by atoms with Gasteiger partial charge in [-0.25, -0.2) is 0 Å². The second-order valence-electron chi connectivity index (χ2n) is 7.22. The van der Waals surface area contributed by atoms with Gasteiger partial charge in [0.05, 0.1) is 10.6 Å². The van der Waals surface area contributed by atoms with Gasteiger partial charge in [-0.3, -0.25) is 9.69 Å². The van der Waals surface area contributed by atoms with Gasteiger partial charge in [0, 0.05) is 32.2 Å². The van der Waals surface area contributed by atoms with E-state index in [1.807, 2.05) is 4.90 Å². The first kappa shape index (κ1) is 17.4. The van der Waals surface area contributed by atoms with Gasteiger partial charge in [-0.15, -0.1) is 0 Å². The number of phenolic OH excluding ortho intramolecular Hbond substituents is 1. The Morgan fingerprint density at radius 2 is 1.81 bits per heavy atom. The quantitative estimate of drug-likeness (QED) is 0.875. The molecule has 2 heterocycles. The van der Waals surface area contributed by atoms with E-state index in [0.29, 0.717) is 24.1 Å². The smallest absolute Gasteiger partial charge is 0.255 e. The Labute approximate surface area is 159 Å². The van der Waals surface area contributed by atoms with Crippen molar-refractivity contribution >= 4 is 17.5 Å². The fourth-order valence-corrected chi connectivity index (χ4v) is 4.42. The van der Waals surface area contributed by atoms with Gasteiger partial charge >= 0.3 is 0 Å². The molecule has 0 unspecified atom stereocenters. The summed E-state index contributed by atoms with van der Waals surface area (Å²) in [6, 6.07) is 16.0. The van der Waals surface area contributed by atoms with E-state index in [2.05, 4.69) is 35.2 Å². The van der Waals surface area contributed by atoms with Crippen molar-refractivity contribution in [2.75, 3.05) is 26.2 Å². The largest absolute Gasteiger partial charge is 0.506 e. The van der Waals surface area contributed by atoms with Crippen molar-refractivity contribution in [3.05, 3.63) is 64.7 Å². The van der Waals surface area contributed by atoms with Crippen molar-refractivity contribution in [1.29, 1.82) is 0 Å². The lowest BCUT2D eigenvalue weighted by molar-refractivity contribution is 0.0329. The lowest BCUT2D eigenvalue weighted by Crippen LogP contribution is -2.57. The second-order valence-corrected chi connectivity index (χ2v) is 7.60. The highest BCUT2D eigenvalue weighted by Crippen LogP contribution is 2.33. The van der Waals surface area contributed by atoms with E-state index in [-0.39, 0.29) is 16.7 Å². The van der Waals surface area contributed by atoms with Gasteiger partial charge in [0.2, 0.25) is 0 Å². The van der Waals surface area contributed by atoms with Gasteiger partial charge < -0.3 is 10.0 Å². The van der Waals surface area contributed by atoms with Crippen LogP contribution in [0.3, 0.4) is 0 Å². The molecule has 0 radical (unpaired) electrons. The third-order valence-electron chi connectivity index (χ3n) is 5.67. The number of carbonyl (C=O) groups excluding carboxylic acids is 1. The molecule has 0 spiro atoms. The first-order chi connectivity index (χ1) is 12.6. The topological polar surface area (TPSA) is 43.8 Å². The minimum atomic E-state index is -0.0873. The Balaban J connectivity index is 1.43. The molecule has 136 valence electrons. The number of rotatable bonds is 2. The number of nitrogens with zero attached hydrogens (tertiary/aromatic N) is 2. The van der Waals surface area contributed by atoms with Gasteiger partial charge in [0.1, 0.15) is 5.75 Å². The molecule has 1 N–H and O–H groups in total. The van der Waals surface area contributed by atoms with Gasteiger partial charge in [-0.2, -0.15) is 0 Å². The number of phenols is 1. The summed E-state index contributed by atoms with van der Waals surface area (Å²) in [5.74, 6) is 0.450. The number of piperidine rings is 1. The number of hydrogen-bond acceptors (Lipinski definition) is 3. The van der Waals surface area contributed by atoms with Crippen molar-refractivity contribution in [2.24, 2.45) is 0 Å². The lowest BCUT2D eigenvalue weighted by atomic mass is 9.86. The number of piperazine rings is 1. The molecule has 2 saturated heterocycles. The summed E-state index contributed by atoms with van der Waals surface area (Å²) in [4.78, 5) is 17.2. The molecular formula is C21H23ClN2O2. The molecule has 2 aliphatic rings. The van der Waals surface area contributed by atoms with Crippen LogP contribution in [-0.4, -0.2) is 53.0 Å². The summed E-state index contributed by atoms with van der Waals surface area (Å²) in [5.41, 5.74) is 1.80. The van der Waals surface area contributed by atoms with Crippen LogP contribution in [0.1, 0.15) is 34.7 Å². The summed E-state index contributed by atoms with van der Waals surface area (Å²) >= 11 is 6.12. The zero-order valence-electron chi connectivity index (χ0n) is 14.6. The van der Waals surface area contributed by atoms with Crippen LogP contribution in [0.4, 0.5) is 0 Å². The van der Waals surface area contributed by atoms with E-state index < -0.39 is 0 Å². The van der Waals surface area contributed by atoms with Crippen molar-refractivity contribution in [2.45, 2.75) is 24.8 Å². The average Bonchev–Trinajstić information content (AvgIpc) is 2.69. The number of hydrogen-bond donors (Lipinski definition) is 1. The summed E-state index contributed by atoms with van der Waals surface area (Å²) in [6.45, 7) is 3.37. The maximum Gasteiger partial charge on any atom is 0.255 e. The Bertz CT molecular complexity index is 796. The molecule has 4 rings (SSSR count). The Morgan fingerprint density at radius 1 is 1.00 bits per heavy atom. The van der Waals surface area contributed by atoms with Crippen LogP contribution in [-0.2, 0) is 0 Å². The highest BCUT2D eigenvalue weighted by atomic mass is 35.5. The fourth-order valence-electron chi connectivity index (χ4n) is 4.21. The van der Waals surface area contributed by atoms with Crippen LogP contribution >= 0.6 is 11.6 Å². The SMILES string of the molecule is O=C(c1cccc(O)c1Cl)N1CCN2C[C@@H](c3ccccc3)CC[C@@H]2C1. The van der Waals surface area contributed by atoms with Gasteiger partial charge in [0.25, 0.3) is 5.91 Å². The molecular weight excluding hydrogens is 348 g/mol. The lowest BCUT2D eigenvalue weighted by Gasteiger charge is -2.46. The predicted octanol–water partition coefficient (Wildman–Crippen LogP) is 3.75. The van der Waals surface area contributed by atoms with Gasteiger partial charge in [-0.05, 0) is 36.5 Å². The summed E-state index contributed by atoms with van der Waals surface area (Å²) in [6.07, 6.45) is 2.25. The number of fused-ring (bicyclic) bond motifs is 1. The van der Waals surface area contributed by atoms with E-state index in [4.69, 9.17) is 11.6 Å². The minimum Gasteiger partial charge on any atom is -0.506 e. The molecule has 1 amide bonds. The number of carbonyl (C=O) groups is 1. The molecule has 0 aromatic heterocycles.